The van der Waals surface area contributed by atoms with E-state index in [0.29, 0.717) is 52.4 Å². The molecule has 1 fully saturated rings. The highest BCUT2D eigenvalue weighted by atomic mass is 35.5. The zero-order valence-corrected chi connectivity index (χ0v) is 18.3. The summed E-state index contributed by atoms with van der Waals surface area (Å²) >= 11 is 6.07. The van der Waals surface area contributed by atoms with Gasteiger partial charge in [0.1, 0.15) is 22.7 Å². The maximum atomic E-state index is 12.8. The number of halogens is 4. The minimum atomic E-state index is -4.72. The van der Waals surface area contributed by atoms with Crippen LogP contribution in [-0.2, 0) is 16.6 Å². The van der Waals surface area contributed by atoms with E-state index in [1.165, 1.54) is 12.3 Å². The highest BCUT2D eigenvalue weighted by molar-refractivity contribution is 7.89. The van der Waals surface area contributed by atoms with Crippen molar-refractivity contribution in [3.05, 3.63) is 41.2 Å². The number of nitrogens with one attached hydrogen (secondary N) is 1. The Morgan fingerprint density at radius 3 is 2.59 bits per heavy atom. The first-order valence-electron chi connectivity index (χ1n) is 9.64. The minimum absolute atomic E-state index is 0.294. The largest absolute Gasteiger partial charge is 0.404 e. The summed E-state index contributed by atoms with van der Waals surface area (Å²) in [6.07, 6.45) is -0.180. The van der Waals surface area contributed by atoms with Crippen LogP contribution in [0.5, 0.6) is 0 Å². The summed E-state index contributed by atoms with van der Waals surface area (Å²) in [5.41, 5.74) is 1.62. The zero-order chi connectivity index (χ0) is 23.3. The Morgan fingerprint density at radius 1 is 1.31 bits per heavy atom. The monoisotopic (exact) mass is 483 g/mol. The van der Waals surface area contributed by atoms with E-state index in [-0.39, 0.29) is 0 Å². The van der Waals surface area contributed by atoms with E-state index in [2.05, 4.69) is 16.0 Å². The maximum absolute atomic E-state index is 12.8. The lowest BCUT2D eigenvalue weighted by Crippen LogP contribution is -2.42. The SMILES string of the molecule is CC(NS(=O)(=O)c1ccc(-c2c(C#N)c3cc(Cl)cnc3n2CC2CC2)nc1)C(F)(F)F. The first-order chi connectivity index (χ1) is 15.0. The predicted octanol–water partition coefficient (Wildman–Crippen LogP) is 4.26. The second-order valence-corrected chi connectivity index (χ2v) is 9.83. The third kappa shape index (κ3) is 4.30. The fourth-order valence-electron chi connectivity index (χ4n) is 3.36. The molecule has 0 aromatic carbocycles. The number of hydrogen-bond acceptors (Lipinski definition) is 5. The number of nitriles is 1. The number of pyridine rings is 2. The molecule has 1 N–H and O–H groups in total. The molecule has 12 heteroatoms. The van der Waals surface area contributed by atoms with Crippen LogP contribution in [0.15, 0.2) is 35.5 Å². The van der Waals surface area contributed by atoms with Crippen molar-refractivity contribution in [2.24, 2.45) is 5.92 Å². The molecule has 1 aliphatic carbocycles. The van der Waals surface area contributed by atoms with Gasteiger partial charge in [0.2, 0.25) is 10.0 Å². The summed E-state index contributed by atoms with van der Waals surface area (Å²) in [5, 5.41) is 10.7. The minimum Gasteiger partial charge on any atom is -0.323 e. The van der Waals surface area contributed by atoms with E-state index < -0.39 is 27.1 Å². The number of hydrogen-bond donors (Lipinski definition) is 1. The Kier molecular flexibility index (Phi) is 5.65. The third-order valence-electron chi connectivity index (χ3n) is 5.23. The van der Waals surface area contributed by atoms with Crippen LogP contribution >= 0.6 is 11.6 Å². The molecule has 3 aromatic rings. The Bertz CT molecular complexity index is 1330. The summed E-state index contributed by atoms with van der Waals surface area (Å²) in [6.45, 7) is 1.32. The van der Waals surface area contributed by atoms with Gasteiger partial charge >= 0.3 is 6.18 Å². The highest BCUT2D eigenvalue weighted by Crippen LogP contribution is 2.38. The zero-order valence-electron chi connectivity index (χ0n) is 16.7. The normalized spacial score (nSPS) is 15.6. The lowest BCUT2D eigenvalue weighted by molar-refractivity contribution is -0.147. The van der Waals surface area contributed by atoms with E-state index in [4.69, 9.17) is 11.6 Å². The van der Waals surface area contributed by atoms with E-state index in [9.17, 15) is 26.9 Å². The van der Waals surface area contributed by atoms with Gasteiger partial charge in [-0.3, -0.25) is 4.98 Å². The molecular weight excluding hydrogens is 467 g/mol. The van der Waals surface area contributed by atoms with Crippen LogP contribution in [0.2, 0.25) is 5.02 Å². The van der Waals surface area contributed by atoms with Crippen LogP contribution < -0.4 is 4.72 Å². The van der Waals surface area contributed by atoms with Gasteiger partial charge in [0.15, 0.2) is 0 Å². The number of nitrogens with zero attached hydrogens (tertiary/aromatic N) is 4. The summed E-state index contributed by atoms with van der Waals surface area (Å²) in [7, 11) is -4.44. The Balaban J connectivity index is 1.77. The molecule has 4 rings (SSSR count). The molecule has 0 amide bonds. The molecule has 0 saturated heterocycles. The lowest BCUT2D eigenvalue weighted by Gasteiger charge is -2.17. The van der Waals surface area contributed by atoms with Crippen molar-refractivity contribution in [3.63, 3.8) is 0 Å². The van der Waals surface area contributed by atoms with Crippen molar-refractivity contribution in [1.29, 1.82) is 5.26 Å². The Labute approximate surface area is 186 Å². The molecule has 1 unspecified atom stereocenters. The summed E-state index contributed by atoms with van der Waals surface area (Å²) in [6, 6.07) is 4.06. The molecule has 1 atom stereocenters. The standard InChI is InChI=1S/C20H17ClF3N5O2S/c1-11(20(22,23)24)28-32(30,31)14-4-5-17(26-9-14)18-16(7-25)15-6-13(21)8-27-19(15)29(18)10-12-2-3-12/h4-6,8-9,11-12,28H,2-3,10H2,1H3. The number of aromatic nitrogens is 3. The van der Waals surface area contributed by atoms with Gasteiger partial charge in [-0.1, -0.05) is 11.6 Å². The van der Waals surface area contributed by atoms with Gasteiger partial charge in [-0.2, -0.15) is 23.2 Å². The topological polar surface area (TPSA) is 101 Å². The van der Waals surface area contributed by atoms with Gasteiger partial charge in [0.25, 0.3) is 0 Å². The number of rotatable bonds is 6. The molecule has 168 valence electrons. The van der Waals surface area contributed by atoms with Crippen molar-refractivity contribution in [1.82, 2.24) is 19.3 Å². The average molecular weight is 484 g/mol. The van der Waals surface area contributed by atoms with Crippen molar-refractivity contribution in [2.75, 3.05) is 0 Å². The lowest BCUT2D eigenvalue weighted by atomic mass is 10.1. The Morgan fingerprint density at radius 2 is 2.03 bits per heavy atom. The van der Waals surface area contributed by atoms with Crippen molar-refractivity contribution in [2.45, 2.75) is 43.4 Å². The molecule has 7 nitrogen and oxygen atoms in total. The first-order valence-corrected chi connectivity index (χ1v) is 11.5. The molecule has 32 heavy (non-hydrogen) atoms. The molecule has 3 aromatic heterocycles. The summed E-state index contributed by atoms with van der Waals surface area (Å²) < 4.78 is 66.4. The Hall–Kier alpha value is -2.68. The smallest absolute Gasteiger partial charge is 0.323 e. The van der Waals surface area contributed by atoms with Crippen molar-refractivity contribution < 1.29 is 21.6 Å². The molecule has 0 spiro atoms. The van der Waals surface area contributed by atoms with Crippen molar-refractivity contribution in [3.8, 4) is 17.5 Å². The molecule has 0 aliphatic heterocycles. The molecule has 1 saturated carbocycles. The van der Waals surface area contributed by atoms with Gasteiger partial charge in [-0.25, -0.2) is 13.4 Å². The second kappa shape index (κ2) is 8.03. The van der Waals surface area contributed by atoms with Gasteiger partial charge in [-0.05, 0) is 43.9 Å². The molecule has 0 radical (unpaired) electrons. The van der Waals surface area contributed by atoms with Gasteiger partial charge < -0.3 is 4.57 Å². The number of fused-ring (bicyclic) bond motifs is 1. The van der Waals surface area contributed by atoms with E-state index in [0.717, 1.165) is 25.1 Å². The van der Waals surface area contributed by atoms with E-state index in [1.54, 1.807) is 10.8 Å². The quantitative estimate of drug-likeness (QED) is 0.564. The van der Waals surface area contributed by atoms with Crippen LogP contribution in [0.4, 0.5) is 13.2 Å². The predicted molar refractivity (Wildman–Crippen MR) is 111 cm³/mol. The maximum Gasteiger partial charge on any atom is 0.404 e. The van der Waals surface area contributed by atoms with Crippen LogP contribution in [0, 0.1) is 17.2 Å². The molecule has 3 heterocycles. The molecule has 1 aliphatic rings. The van der Waals surface area contributed by atoms with Gasteiger partial charge in [0.05, 0.1) is 22.0 Å². The van der Waals surface area contributed by atoms with Crippen LogP contribution in [0.25, 0.3) is 22.4 Å². The first kappa shape index (κ1) is 22.5. The summed E-state index contributed by atoms with van der Waals surface area (Å²) in [4.78, 5) is 8.12. The van der Waals surface area contributed by atoms with Crippen molar-refractivity contribution >= 4 is 32.7 Å². The number of sulfonamides is 1. The third-order valence-corrected chi connectivity index (χ3v) is 6.96. The summed E-state index contributed by atoms with van der Waals surface area (Å²) in [5.74, 6) is 0.432. The second-order valence-electron chi connectivity index (χ2n) is 7.68. The highest BCUT2D eigenvalue weighted by Gasteiger charge is 2.39. The van der Waals surface area contributed by atoms with E-state index >= 15 is 0 Å². The van der Waals surface area contributed by atoms with Gasteiger partial charge in [-0.15, -0.1) is 0 Å². The molecule has 0 bridgehead atoms. The fourth-order valence-corrected chi connectivity index (χ4v) is 4.69. The van der Waals surface area contributed by atoms with Crippen LogP contribution in [0.3, 0.4) is 0 Å². The van der Waals surface area contributed by atoms with Gasteiger partial charge in [0, 0.05) is 24.3 Å². The van der Waals surface area contributed by atoms with Crippen LogP contribution in [-0.4, -0.2) is 35.2 Å². The van der Waals surface area contributed by atoms with E-state index in [1.807, 2.05) is 4.57 Å². The average Bonchev–Trinajstić information content (AvgIpc) is 3.48. The molecular formula is C20H17ClF3N5O2S. The fraction of sp³-hybridized carbons (Fsp3) is 0.350. The van der Waals surface area contributed by atoms with Crippen LogP contribution in [0.1, 0.15) is 25.3 Å². The number of alkyl halides is 3.